The van der Waals surface area contributed by atoms with Crippen molar-refractivity contribution in [3.63, 3.8) is 0 Å². The zero-order chi connectivity index (χ0) is 37.5. The molecule has 3 aromatic heterocycles. The van der Waals surface area contributed by atoms with Crippen LogP contribution in [0.5, 0.6) is 0 Å². The van der Waals surface area contributed by atoms with Gasteiger partial charge in [0, 0.05) is 41.8 Å². The minimum Gasteiger partial charge on any atom is -0.203 e. The second kappa shape index (κ2) is 18.3. The number of unbranched alkanes of at least 4 members (excludes halogenated alkanes) is 2. The highest BCUT2D eigenvalue weighted by atomic mass is 32.1. The Morgan fingerprint density at radius 1 is 0.472 bits per heavy atom. The Bertz CT molecular complexity index is 1980. The number of hydrogen-bond donors (Lipinski definition) is 0. The molecule has 0 amide bonds. The molecule has 6 aromatic rings. The molecule has 2 unspecified atom stereocenters. The predicted molar refractivity (Wildman–Crippen MR) is 218 cm³/mol. The van der Waals surface area contributed by atoms with Crippen molar-refractivity contribution in [3.05, 3.63) is 95.1 Å². The molecule has 0 radical (unpaired) electrons. The van der Waals surface area contributed by atoms with Gasteiger partial charge in [0.1, 0.15) is 11.0 Å². The van der Waals surface area contributed by atoms with Crippen molar-refractivity contribution < 1.29 is 17.6 Å². The van der Waals surface area contributed by atoms with Crippen LogP contribution < -0.4 is 0 Å². The van der Waals surface area contributed by atoms with E-state index in [1.165, 1.54) is 22.7 Å². The lowest BCUT2D eigenvalue weighted by Gasteiger charge is -2.15. The molecule has 2 nitrogen and oxygen atoms in total. The average Bonchev–Trinajstić information content (AvgIpc) is 3.97. The third kappa shape index (κ3) is 8.79. The molecule has 0 N–H and O–H groups in total. The Kier molecular flexibility index (Phi) is 13.6. The van der Waals surface area contributed by atoms with Crippen LogP contribution >= 0.6 is 34.4 Å². The van der Waals surface area contributed by atoms with E-state index in [4.69, 9.17) is 0 Å². The molecule has 3 aromatic carbocycles. The molecule has 0 aliphatic carbocycles. The third-order valence-electron chi connectivity index (χ3n) is 10.7. The third-order valence-corrected chi connectivity index (χ3v) is 13.6. The molecule has 9 heteroatoms. The van der Waals surface area contributed by atoms with Gasteiger partial charge >= 0.3 is 0 Å². The van der Waals surface area contributed by atoms with E-state index in [2.05, 4.69) is 36.4 Å². The molecule has 0 fully saturated rings. The number of benzene rings is 3. The number of thiophene rings is 2. The smallest absolute Gasteiger partial charge is 0.167 e. The number of aryl methyl sites for hydroxylation is 2. The highest BCUT2D eigenvalue weighted by Gasteiger charge is 2.22. The Morgan fingerprint density at radius 2 is 0.849 bits per heavy atom. The molecule has 53 heavy (non-hydrogen) atoms. The van der Waals surface area contributed by atoms with E-state index < -0.39 is 23.3 Å². The van der Waals surface area contributed by atoms with E-state index >= 15 is 17.6 Å². The molecule has 280 valence electrons. The van der Waals surface area contributed by atoms with Gasteiger partial charge in [-0.3, -0.25) is 0 Å². The summed E-state index contributed by atoms with van der Waals surface area (Å²) in [7, 11) is 0. The molecule has 0 spiro atoms. The molecule has 0 aliphatic rings. The maximum atomic E-state index is 15.5. The standard InChI is InChI=1S/C44H48F4N2S3/c1-5-9-11-27(7-3)13-15-29-17-19-31(41(47)39(29)45)35-23-25-37(51-35)33-21-22-34(44-43(33)49-53-50-44)38-26-24-36(52-38)32-20-18-30(40(46)42(32)48)16-14-28(8-4)12-10-6-2/h17-28H,5-16H2,1-4H3. The van der Waals surface area contributed by atoms with Crippen molar-refractivity contribution >= 4 is 45.4 Å². The molecule has 3 heterocycles. The van der Waals surface area contributed by atoms with Gasteiger partial charge in [-0.25, -0.2) is 17.6 Å². The second-order valence-corrected chi connectivity index (χ2v) is 16.9. The van der Waals surface area contributed by atoms with Gasteiger partial charge in [-0.2, -0.15) is 8.75 Å². The molecule has 6 rings (SSSR count). The van der Waals surface area contributed by atoms with Crippen molar-refractivity contribution in [2.45, 2.75) is 105 Å². The minimum absolute atomic E-state index is 0.254. The summed E-state index contributed by atoms with van der Waals surface area (Å²) >= 11 is 3.88. The largest absolute Gasteiger partial charge is 0.203 e. The zero-order valence-corrected chi connectivity index (χ0v) is 33.5. The summed E-state index contributed by atoms with van der Waals surface area (Å²) in [6.45, 7) is 8.68. The number of halogens is 4. The summed E-state index contributed by atoms with van der Waals surface area (Å²) in [6.07, 6.45) is 11.7. The van der Waals surface area contributed by atoms with Crippen LogP contribution in [0.15, 0.2) is 60.7 Å². The zero-order valence-electron chi connectivity index (χ0n) is 31.0. The van der Waals surface area contributed by atoms with Crippen LogP contribution in [-0.2, 0) is 12.8 Å². The highest BCUT2D eigenvalue weighted by Crippen LogP contribution is 2.43. The Balaban J connectivity index is 1.20. The van der Waals surface area contributed by atoms with Gasteiger partial charge in [-0.05, 0) is 72.9 Å². The second-order valence-electron chi connectivity index (χ2n) is 14.2. The molecule has 0 bridgehead atoms. The van der Waals surface area contributed by atoms with E-state index in [9.17, 15) is 0 Å². The SMILES string of the molecule is CCCCC(CC)CCc1ccc(-c2ccc(-c3ccc(-c4ccc(-c5ccc(CCC(CC)CCCC)c(F)c5F)s4)c4nsnc34)s2)c(F)c1F. The fourth-order valence-electron chi connectivity index (χ4n) is 7.27. The van der Waals surface area contributed by atoms with E-state index in [-0.39, 0.29) is 11.1 Å². The topological polar surface area (TPSA) is 25.8 Å². The van der Waals surface area contributed by atoms with Crippen molar-refractivity contribution in [1.29, 1.82) is 0 Å². The maximum absolute atomic E-state index is 15.5. The highest BCUT2D eigenvalue weighted by molar-refractivity contribution is 7.19. The van der Waals surface area contributed by atoms with Crippen LogP contribution in [0.1, 0.15) is 103 Å². The summed E-state index contributed by atoms with van der Waals surface area (Å²) in [4.78, 5) is 3.02. The van der Waals surface area contributed by atoms with Crippen LogP contribution in [0.3, 0.4) is 0 Å². The predicted octanol–water partition coefficient (Wildman–Crippen LogP) is 15.3. The molecule has 2 atom stereocenters. The van der Waals surface area contributed by atoms with Crippen LogP contribution in [0.2, 0.25) is 0 Å². The van der Waals surface area contributed by atoms with Crippen molar-refractivity contribution in [2.24, 2.45) is 11.8 Å². The minimum atomic E-state index is -0.805. The summed E-state index contributed by atoms with van der Waals surface area (Å²) in [5.41, 5.74) is 4.49. The summed E-state index contributed by atoms with van der Waals surface area (Å²) in [6, 6.07) is 18.3. The van der Waals surface area contributed by atoms with Gasteiger partial charge in [0.2, 0.25) is 0 Å². The summed E-state index contributed by atoms with van der Waals surface area (Å²) in [5.74, 6) is -2.07. The van der Waals surface area contributed by atoms with E-state index in [1.807, 2.05) is 36.4 Å². The number of aromatic nitrogens is 2. The molecule has 0 aliphatic heterocycles. The number of fused-ring (bicyclic) bond motifs is 1. The van der Waals surface area contributed by atoms with Gasteiger partial charge in [-0.15, -0.1) is 22.7 Å². The molecule has 0 saturated carbocycles. The van der Waals surface area contributed by atoms with Gasteiger partial charge in [0.15, 0.2) is 23.3 Å². The van der Waals surface area contributed by atoms with E-state index in [0.29, 0.717) is 56.6 Å². The first-order valence-corrected chi connectivity index (χ1v) is 21.5. The Labute approximate surface area is 323 Å². The van der Waals surface area contributed by atoms with Crippen molar-refractivity contribution in [3.8, 4) is 41.8 Å². The molecular weight excluding hydrogens is 729 g/mol. The van der Waals surface area contributed by atoms with Gasteiger partial charge in [0.25, 0.3) is 0 Å². The van der Waals surface area contributed by atoms with Gasteiger partial charge < -0.3 is 0 Å². The normalized spacial score (nSPS) is 12.9. The molecule has 0 saturated heterocycles. The van der Waals surface area contributed by atoms with Crippen LogP contribution in [0.25, 0.3) is 52.8 Å². The number of hydrogen-bond acceptors (Lipinski definition) is 5. The number of rotatable bonds is 18. The maximum Gasteiger partial charge on any atom is 0.167 e. The van der Waals surface area contributed by atoms with Crippen molar-refractivity contribution in [2.75, 3.05) is 0 Å². The lowest BCUT2D eigenvalue weighted by atomic mass is 9.92. The quantitative estimate of drug-likeness (QED) is 0.0813. The summed E-state index contributed by atoms with van der Waals surface area (Å²) < 4.78 is 70.8. The fourth-order valence-corrected chi connectivity index (χ4v) is 9.95. The van der Waals surface area contributed by atoms with Gasteiger partial charge in [-0.1, -0.05) is 115 Å². The van der Waals surface area contributed by atoms with Crippen LogP contribution in [0.4, 0.5) is 17.6 Å². The average molecular weight is 777 g/mol. The first-order valence-electron chi connectivity index (χ1n) is 19.2. The monoisotopic (exact) mass is 776 g/mol. The van der Waals surface area contributed by atoms with Gasteiger partial charge in [0.05, 0.1) is 11.7 Å². The first kappa shape index (κ1) is 39.3. The molecular formula is C44H48F4N2S3. The number of nitrogens with zero attached hydrogens (tertiary/aromatic N) is 2. The Morgan fingerprint density at radius 3 is 1.23 bits per heavy atom. The van der Waals surface area contributed by atoms with Crippen LogP contribution in [0, 0.1) is 35.1 Å². The first-order chi connectivity index (χ1) is 25.8. The van der Waals surface area contributed by atoms with Crippen molar-refractivity contribution in [1.82, 2.24) is 8.75 Å². The Hall–Kier alpha value is -3.40. The van der Waals surface area contributed by atoms with E-state index in [0.717, 1.165) is 96.8 Å². The lowest BCUT2D eigenvalue weighted by molar-refractivity contribution is 0.415. The van der Waals surface area contributed by atoms with E-state index in [1.54, 1.807) is 24.3 Å². The lowest BCUT2D eigenvalue weighted by Crippen LogP contribution is -2.04. The van der Waals surface area contributed by atoms with Crippen LogP contribution in [-0.4, -0.2) is 8.75 Å². The fraction of sp³-hybridized carbons (Fsp3) is 0.409. The summed E-state index contributed by atoms with van der Waals surface area (Å²) in [5, 5.41) is 0.